The summed E-state index contributed by atoms with van der Waals surface area (Å²) in [4.78, 5) is 12.3. The number of morpholine rings is 1. The Labute approximate surface area is 116 Å². The lowest BCUT2D eigenvalue weighted by Crippen LogP contribution is -2.36. The van der Waals surface area contributed by atoms with Crippen LogP contribution in [0.3, 0.4) is 0 Å². The van der Waals surface area contributed by atoms with E-state index in [1.165, 1.54) is 19.1 Å². The minimum Gasteiger partial charge on any atom is -0.378 e. The van der Waals surface area contributed by atoms with Crippen molar-refractivity contribution in [3.05, 3.63) is 27.8 Å². The fourth-order valence-electron chi connectivity index (χ4n) is 2.27. The molecule has 0 aliphatic carbocycles. The first kappa shape index (κ1) is 14.7. The molecule has 1 aliphatic rings. The van der Waals surface area contributed by atoms with E-state index in [2.05, 4.69) is 0 Å². The Balaban J connectivity index is 2.59. The van der Waals surface area contributed by atoms with Gasteiger partial charge in [-0.25, -0.2) is 13.6 Å². The molecule has 1 heterocycles. The largest absolute Gasteiger partial charge is 0.378 e. The van der Waals surface area contributed by atoms with Crippen LogP contribution in [0.25, 0.3) is 0 Å². The maximum absolute atomic E-state index is 11.4. The van der Waals surface area contributed by atoms with E-state index >= 15 is 0 Å². The molecule has 0 bridgehead atoms. The molecule has 0 aromatic heterocycles. The first-order valence-corrected chi connectivity index (χ1v) is 7.50. The molecule has 1 aromatic carbocycles. The van der Waals surface area contributed by atoms with Crippen molar-refractivity contribution in [2.45, 2.75) is 11.8 Å². The number of hydrogen-bond acceptors (Lipinski definition) is 6. The first-order valence-electron chi connectivity index (χ1n) is 5.96. The molecular formula is C11H15N3O5S. The van der Waals surface area contributed by atoms with Crippen molar-refractivity contribution in [3.63, 3.8) is 0 Å². The van der Waals surface area contributed by atoms with Crippen LogP contribution in [-0.4, -0.2) is 39.6 Å². The highest BCUT2D eigenvalue weighted by atomic mass is 32.2. The van der Waals surface area contributed by atoms with E-state index in [4.69, 9.17) is 9.88 Å². The molecule has 20 heavy (non-hydrogen) atoms. The highest BCUT2D eigenvalue weighted by Crippen LogP contribution is 2.35. The molecule has 1 aliphatic heterocycles. The van der Waals surface area contributed by atoms with Gasteiger partial charge in [-0.05, 0) is 19.1 Å². The second kappa shape index (κ2) is 5.35. The number of nitro groups is 1. The van der Waals surface area contributed by atoms with Crippen molar-refractivity contribution in [2.24, 2.45) is 5.14 Å². The molecule has 0 saturated carbocycles. The summed E-state index contributed by atoms with van der Waals surface area (Å²) >= 11 is 0. The molecule has 0 amide bonds. The SMILES string of the molecule is Cc1c(S(N)(=O)=O)ccc(N2CCOCC2)c1[N+](=O)[O-]. The third-order valence-electron chi connectivity index (χ3n) is 3.20. The second-order valence-corrected chi connectivity index (χ2v) is 5.99. The second-order valence-electron chi connectivity index (χ2n) is 4.46. The number of sulfonamides is 1. The highest BCUT2D eigenvalue weighted by molar-refractivity contribution is 7.89. The smallest absolute Gasteiger partial charge is 0.296 e. The summed E-state index contributed by atoms with van der Waals surface area (Å²) in [5, 5.41) is 16.3. The molecule has 1 fully saturated rings. The summed E-state index contributed by atoms with van der Waals surface area (Å²) in [6.07, 6.45) is 0. The third-order valence-corrected chi connectivity index (χ3v) is 4.26. The average Bonchev–Trinajstić information content (AvgIpc) is 2.37. The summed E-state index contributed by atoms with van der Waals surface area (Å²) in [6, 6.07) is 2.73. The lowest BCUT2D eigenvalue weighted by Gasteiger charge is -2.29. The van der Waals surface area contributed by atoms with E-state index in [9.17, 15) is 18.5 Å². The van der Waals surface area contributed by atoms with Crippen molar-refractivity contribution in [1.82, 2.24) is 0 Å². The number of hydrogen-bond donors (Lipinski definition) is 1. The van der Waals surface area contributed by atoms with Gasteiger partial charge in [-0.1, -0.05) is 0 Å². The van der Waals surface area contributed by atoms with Crippen molar-refractivity contribution >= 4 is 21.4 Å². The number of nitrogens with zero attached hydrogens (tertiary/aromatic N) is 2. The van der Waals surface area contributed by atoms with Crippen molar-refractivity contribution in [3.8, 4) is 0 Å². The Kier molecular flexibility index (Phi) is 3.93. The standard InChI is InChI=1S/C11H15N3O5S/c1-8-10(20(12,17)18)3-2-9(11(8)14(15)16)13-4-6-19-7-5-13/h2-3H,4-7H2,1H3,(H2,12,17,18). The zero-order valence-electron chi connectivity index (χ0n) is 10.9. The fourth-order valence-corrected chi connectivity index (χ4v) is 3.05. The topological polar surface area (TPSA) is 116 Å². The Morgan fingerprint density at radius 3 is 2.45 bits per heavy atom. The van der Waals surface area contributed by atoms with Gasteiger partial charge in [0.15, 0.2) is 0 Å². The van der Waals surface area contributed by atoms with Crippen LogP contribution in [0, 0.1) is 17.0 Å². The molecule has 0 atom stereocenters. The van der Waals surface area contributed by atoms with Crippen LogP contribution >= 0.6 is 0 Å². The van der Waals surface area contributed by atoms with Crippen LogP contribution in [0.5, 0.6) is 0 Å². The Morgan fingerprint density at radius 1 is 1.35 bits per heavy atom. The summed E-state index contributed by atoms with van der Waals surface area (Å²) in [7, 11) is -3.98. The highest BCUT2D eigenvalue weighted by Gasteiger charge is 2.28. The molecule has 110 valence electrons. The van der Waals surface area contributed by atoms with Crippen LogP contribution in [0.1, 0.15) is 5.56 Å². The monoisotopic (exact) mass is 301 g/mol. The number of anilines is 1. The van der Waals surface area contributed by atoms with Crippen LogP contribution in [0.4, 0.5) is 11.4 Å². The summed E-state index contributed by atoms with van der Waals surface area (Å²) in [5.74, 6) is 0. The maximum Gasteiger partial charge on any atom is 0.296 e. The number of primary sulfonamides is 1. The number of nitro benzene ring substituents is 1. The normalized spacial score (nSPS) is 16.2. The summed E-state index contributed by atoms with van der Waals surface area (Å²) < 4.78 is 28.1. The van der Waals surface area contributed by atoms with E-state index in [-0.39, 0.29) is 16.1 Å². The third kappa shape index (κ3) is 2.74. The Hall–Kier alpha value is -1.71. The number of ether oxygens (including phenoxy) is 1. The number of benzene rings is 1. The van der Waals surface area contributed by atoms with Crippen molar-refractivity contribution < 1.29 is 18.1 Å². The van der Waals surface area contributed by atoms with Gasteiger partial charge in [-0.3, -0.25) is 10.1 Å². The molecule has 1 saturated heterocycles. The van der Waals surface area contributed by atoms with Gasteiger partial charge in [-0.15, -0.1) is 0 Å². The van der Waals surface area contributed by atoms with Crippen LogP contribution in [0.15, 0.2) is 17.0 Å². The summed E-state index contributed by atoms with van der Waals surface area (Å²) in [5.41, 5.74) is 0.225. The molecule has 0 unspecified atom stereocenters. The van der Waals surface area contributed by atoms with Crippen LogP contribution < -0.4 is 10.0 Å². The predicted molar refractivity (Wildman–Crippen MR) is 72.2 cm³/mol. The van der Waals surface area contributed by atoms with E-state index in [0.29, 0.717) is 32.0 Å². The minimum atomic E-state index is -3.98. The molecule has 0 spiro atoms. The molecule has 2 N–H and O–H groups in total. The lowest BCUT2D eigenvalue weighted by molar-refractivity contribution is -0.384. The molecule has 2 rings (SSSR count). The quantitative estimate of drug-likeness (QED) is 0.637. The molecule has 0 radical (unpaired) electrons. The van der Waals surface area contributed by atoms with E-state index in [1.54, 1.807) is 0 Å². The maximum atomic E-state index is 11.4. The summed E-state index contributed by atoms with van der Waals surface area (Å²) in [6.45, 7) is 3.39. The van der Waals surface area contributed by atoms with Gasteiger partial charge in [0.05, 0.1) is 23.0 Å². The van der Waals surface area contributed by atoms with Crippen LogP contribution in [-0.2, 0) is 14.8 Å². The molecule has 9 heteroatoms. The number of rotatable bonds is 3. The van der Waals surface area contributed by atoms with Gasteiger partial charge in [0, 0.05) is 18.7 Å². The van der Waals surface area contributed by atoms with Gasteiger partial charge >= 0.3 is 0 Å². The minimum absolute atomic E-state index is 0.0569. The van der Waals surface area contributed by atoms with Crippen LogP contribution in [0.2, 0.25) is 0 Å². The van der Waals surface area contributed by atoms with Gasteiger partial charge in [-0.2, -0.15) is 0 Å². The predicted octanol–water partition coefficient (Wildman–Crippen LogP) is 0.387. The zero-order chi connectivity index (χ0) is 14.9. The van der Waals surface area contributed by atoms with Gasteiger partial charge in [0.1, 0.15) is 5.69 Å². The molecule has 8 nitrogen and oxygen atoms in total. The van der Waals surface area contributed by atoms with E-state index in [1.807, 2.05) is 4.90 Å². The van der Waals surface area contributed by atoms with E-state index < -0.39 is 14.9 Å². The van der Waals surface area contributed by atoms with Crippen molar-refractivity contribution in [1.29, 1.82) is 0 Å². The first-order chi connectivity index (χ1) is 9.32. The van der Waals surface area contributed by atoms with Crippen molar-refractivity contribution in [2.75, 3.05) is 31.2 Å². The molecular weight excluding hydrogens is 286 g/mol. The van der Waals surface area contributed by atoms with Gasteiger partial charge in [0.25, 0.3) is 5.69 Å². The van der Waals surface area contributed by atoms with Gasteiger partial charge in [0.2, 0.25) is 10.0 Å². The van der Waals surface area contributed by atoms with E-state index in [0.717, 1.165) is 0 Å². The Morgan fingerprint density at radius 2 is 1.95 bits per heavy atom. The zero-order valence-corrected chi connectivity index (χ0v) is 11.7. The lowest BCUT2D eigenvalue weighted by atomic mass is 10.1. The van der Waals surface area contributed by atoms with Gasteiger partial charge < -0.3 is 9.64 Å². The average molecular weight is 301 g/mol. The molecule has 1 aromatic rings. The fraction of sp³-hybridized carbons (Fsp3) is 0.455. The Bertz CT molecular complexity index is 638. The number of nitrogens with two attached hydrogens (primary N) is 1.